The quantitative estimate of drug-likeness (QED) is 0.321. The summed E-state index contributed by atoms with van der Waals surface area (Å²) in [7, 11) is 1.98. The standard InChI is InChI=1S/C23H34N6O.HI/c1-18-27-28-21(29(18)2)16-25-22(24-15-20-11-8-14-30-20)26-17-23(12-6-7-13-23)19-9-4-3-5-10-19;/h3-5,9-10,20H,6-8,11-17H2,1-2H3,(H2,24,25,26);1H. The largest absolute Gasteiger partial charge is 0.376 e. The Morgan fingerprint density at radius 1 is 1.16 bits per heavy atom. The van der Waals surface area contributed by atoms with Crippen LogP contribution >= 0.6 is 24.0 Å². The van der Waals surface area contributed by atoms with Gasteiger partial charge in [0.15, 0.2) is 11.8 Å². The van der Waals surface area contributed by atoms with Gasteiger partial charge in [0, 0.05) is 32.2 Å². The molecular weight excluding hydrogens is 503 g/mol. The molecule has 2 N–H and O–H groups in total. The molecule has 1 aromatic carbocycles. The Morgan fingerprint density at radius 2 is 1.94 bits per heavy atom. The maximum Gasteiger partial charge on any atom is 0.191 e. The van der Waals surface area contributed by atoms with E-state index in [1.807, 2.05) is 18.5 Å². The normalized spacial score (nSPS) is 20.5. The molecule has 0 radical (unpaired) electrons. The van der Waals surface area contributed by atoms with E-state index in [9.17, 15) is 0 Å². The summed E-state index contributed by atoms with van der Waals surface area (Å²) in [5.41, 5.74) is 1.60. The molecule has 8 heteroatoms. The molecule has 31 heavy (non-hydrogen) atoms. The minimum absolute atomic E-state index is 0. The molecule has 0 amide bonds. The highest BCUT2D eigenvalue weighted by molar-refractivity contribution is 14.0. The third kappa shape index (κ3) is 5.97. The molecule has 1 aliphatic heterocycles. The van der Waals surface area contributed by atoms with Gasteiger partial charge in [-0.25, -0.2) is 4.99 Å². The van der Waals surface area contributed by atoms with E-state index in [0.29, 0.717) is 6.54 Å². The fraction of sp³-hybridized carbons (Fsp3) is 0.609. The Kier molecular flexibility index (Phi) is 8.71. The summed E-state index contributed by atoms with van der Waals surface area (Å²) in [5.74, 6) is 2.59. The van der Waals surface area contributed by atoms with E-state index in [2.05, 4.69) is 51.2 Å². The summed E-state index contributed by atoms with van der Waals surface area (Å²) in [6, 6.07) is 10.9. The topological polar surface area (TPSA) is 76.4 Å². The number of rotatable bonds is 7. The number of guanidine groups is 1. The number of aromatic nitrogens is 3. The molecule has 1 saturated carbocycles. The number of halogens is 1. The number of nitrogens with zero attached hydrogens (tertiary/aromatic N) is 4. The molecule has 170 valence electrons. The SMILES string of the molecule is Cc1nnc(CN=C(NCC2CCCO2)NCC2(c3ccccc3)CCCC2)n1C.I. The first-order chi connectivity index (χ1) is 14.7. The van der Waals surface area contributed by atoms with Crippen LogP contribution in [0, 0.1) is 6.92 Å². The van der Waals surface area contributed by atoms with E-state index in [1.54, 1.807) is 0 Å². The van der Waals surface area contributed by atoms with E-state index < -0.39 is 0 Å². The van der Waals surface area contributed by atoms with Crippen LogP contribution in [0.2, 0.25) is 0 Å². The Labute approximate surface area is 202 Å². The van der Waals surface area contributed by atoms with Gasteiger partial charge in [0.25, 0.3) is 0 Å². The molecule has 1 atom stereocenters. The lowest BCUT2D eigenvalue weighted by Gasteiger charge is -2.31. The van der Waals surface area contributed by atoms with Gasteiger partial charge in [-0.2, -0.15) is 0 Å². The van der Waals surface area contributed by atoms with Crippen LogP contribution in [0.15, 0.2) is 35.3 Å². The minimum Gasteiger partial charge on any atom is -0.376 e. The molecule has 2 heterocycles. The second-order valence-electron chi connectivity index (χ2n) is 8.61. The second-order valence-corrected chi connectivity index (χ2v) is 8.61. The zero-order valence-corrected chi connectivity index (χ0v) is 21.0. The number of ether oxygens (including phenoxy) is 1. The van der Waals surface area contributed by atoms with E-state index >= 15 is 0 Å². The van der Waals surface area contributed by atoms with Gasteiger partial charge in [0.05, 0.1) is 6.10 Å². The van der Waals surface area contributed by atoms with E-state index in [-0.39, 0.29) is 35.5 Å². The lowest BCUT2D eigenvalue weighted by atomic mass is 9.79. The maximum atomic E-state index is 5.78. The van der Waals surface area contributed by atoms with Crippen molar-refractivity contribution < 1.29 is 4.74 Å². The molecule has 1 aromatic heterocycles. The highest BCUT2D eigenvalue weighted by Crippen LogP contribution is 2.40. The van der Waals surface area contributed by atoms with Gasteiger partial charge in [-0.05, 0) is 38.2 Å². The van der Waals surface area contributed by atoms with Crippen molar-refractivity contribution >= 4 is 29.9 Å². The monoisotopic (exact) mass is 538 g/mol. The van der Waals surface area contributed by atoms with Crippen molar-refractivity contribution in [2.45, 2.75) is 63.5 Å². The van der Waals surface area contributed by atoms with Crippen LogP contribution in [0.4, 0.5) is 0 Å². The molecule has 2 aliphatic rings. The highest BCUT2D eigenvalue weighted by atomic mass is 127. The lowest BCUT2D eigenvalue weighted by Crippen LogP contribution is -2.46. The van der Waals surface area contributed by atoms with Crippen molar-refractivity contribution in [3.63, 3.8) is 0 Å². The van der Waals surface area contributed by atoms with Crippen LogP contribution in [-0.2, 0) is 23.7 Å². The van der Waals surface area contributed by atoms with Gasteiger partial charge in [-0.15, -0.1) is 34.2 Å². The Morgan fingerprint density at radius 3 is 2.58 bits per heavy atom. The van der Waals surface area contributed by atoms with Gasteiger partial charge >= 0.3 is 0 Å². The summed E-state index contributed by atoms with van der Waals surface area (Å²) in [6.45, 7) is 4.98. The number of hydrogen-bond donors (Lipinski definition) is 2. The molecule has 2 fully saturated rings. The first-order valence-corrected chi connectivity index (χ1v) is 11.2. The van der Waals surface area contributed by atoms with Crippen LogP contribution < -0.4 is 10.6 Å². The van der Waals surface area contributed by atoms with Crippen molar-refractivity contribution in [2.75, 3.05) is 19.7 Å². The van der Waals surface area contributed by atoms with Gasteiger partial charge in [-0.1, -0.05) is 43.2 Å². The van der Waals surface area contributed by atoms with E-state index in [4.69, 9.17) is 9.73 Å². The Hall–Kier alpha value is -1.68. The van der Waals surface area contributed by atoms with E-state index in [1.165, 1.54) is 31.2 Å². The van der Waals surface area contributed by atoms with Gasteiger partial charge in [0.1, 0.15) is 12.4 Å². The van der Waals surface area contributed by atoms with Crippen LogP contribution in [0.1, 0.15) is 55.7 Å². The molecular formula is C23H35IN6O. The molecule has 1 aliphatic carbocycles. The summed E-state index contributed by atoms with van der Waals surface area (Å²) in [4.78, 5) is 4.83. The minimum atomic E-state index is 0. The van der Waals surface area contributed by atoms with Crippen molar-refractivity contribution in [3.05, 3.63) is 47.5 Å². The molecule has 7 nitrogen and oxygen atoms in total. The number of hydrogen-bond acceptors (Lipinski definition) is 4. The summed E-state index contributed by atoms with van der Waals surface area (Å²) >= 11 is 0. The first-order valence-electron chi connectivity index (χ1n) is 11.2. The second kappa shape index (κ2) is 11.3. The lowest BCUT2D eigenvalue weighted by molar-refractivity contribution is 0.113. The van der Waals surface area contributed by atoms with Gasteiger partial charge in [-0.3, -0.25) is 0 Å². The van der Waals surface area contributed by atoms with Gasteiger partial charge < -0.3 is 19.9 Å². The van der Waals surface area contributed by atoms with Crippen LogP contribution in [0.3, 0.4) is 0 Å². The smallest absolute Gasteiger partial charge is 0.191 e. The van der Waals surface area contributed by atoms with Crippen molar-refractivity contribution in [2.24, 2.45) is 12.0 Å². The molecule has 0 spiro atoms. The van der Waals surface area contributed by atoms with Gasteiger partial charge in [0.2, 0.25) is 0 Å². The third-order valence-electron chi connectivity index (χ3n) is 6.62. The summed E-state index contributed by atoms with van der Waals surface area (Å²) < 4.78 is 7.77. The van der Waals surface area contributed by atoms with Crippen LogP contribution in [0.25, 0.3) is 0 Å². The Bertz CT molecular complexity index is 841. The number of benzene rings is 1. The predicted molar refractivity (Wildman–Crippen MR) is 134 cm³/mol. The van der Waals surface area contributed by atoms with Crippen molar-refractivity contribution in [1.29, 1.82) is 0 Å². The number of aliphatic imine (C=N–C) groups is 1. The summed E-state index contributed by atoms with van der Waals surface area (Å²) in [5, 5.41) is 15.5. The Balaban J connectivity index is 0.00000272. The van der Waals surface area contributed by atoms with Crippen molar-refractivity contribution in [1.82, 2.24) is 25.4 Å². The molecule has 2 aromatic rings. The van der Waals surface area contributed by atoms with Crippen LogP contribution in [-0.4, -0.2) is 46.5 Å². The highest BCUT2D eigenvalue weighted by Gasteiger charge is 2.35. The predicted octanol–water partition coefficient (Wildman–Crippen LogP) is 3.47. The zero-order chi connectivity index (χ0) is 20.8. The fourth-order valence-electron chi connectivity index (χ4n) is 4.59. The molecule has 1 unspecified atom stereocenters. The average Bonchev–Trinajstić information content (AvgIpc) is 3.53. The molecule has 4 rings (SSSR count). The van der Waals surface area contributed by atoms with E-state index in [0.717, 1.165) is 50.1 Å². The zero-order valence-electron chi connectivity index (χ0n) is 18.6. The third-order valence-corrected chi connectivity index (χ3v) is 6.62. The van der Waals surface area contributed by atoms with Crippen molar-refractivity contribution in [3.8, 4) is 0 Å². The number of nitrogens with one attached hydrogen (secondary N) is 2. The summed E-state index contributed by atoms with van der Waals surface area (Å²) in [6.07, 6.45) is 7.51. The maximum absolute atomic E-state index is 5.78. The molecule has 0 bridgehead atoms. The number of aryl methyl sites for hydroxylation is 1. The fourth-order valence-corrected chi connectivity index (χ4v) is 4.59. The average molecular weight is 538 g/mol. The first kappa shape index (κ1) is 24.0. The van der Waals surface area contributed by atoms with Crippen LogP contribution in [0.5, 0.6) is 0 Å². The molecule has 1 saturated heterocycles.